The number of ether oxygens (including phenoxy) is 1. The predicted octanol–water partition coefficient (Wildman–Crippen LogP) is 4.90. The zero-order chi connectivity index (χ0) is 20.2. The average molecular weight is 369 g/mol. The van der Waals surface area contributed by atoms with Crippen LogP contribution in [0.15, 0.2) is 47.5 Å². The van der Waals surface area contributed by atoms with Crippen molar-refractivity contribution >= 4 is 12.0 Å². The van der Waals surface area contributed by atoms with Crippen LogP contribution in [0.5, 0.6) is 5.75 Å². The molecular formula is C23H32N2O2. The first kappa shape index (κ1) is 21.0. The molecule has 0 bridgehead atoms. The highest BCUT2D eigenvalue weighted by atomic mass is 16.5. The van der Waals surface area contributed by atoms with Gasteiger partial charge in [0.15, 0.2) is 0 Å². The van der Waals surface area contributed by atoms with Crippen molar-refractivity contribution in [1.82, 2.24) is 4.90 Å². The van der Waals surface area contributed by atoms with Gasteiger partial charge < -0.3 is 14.7 Å². The Balaban J connectivity index is 2.68. The van der Waals surface area contributed by atoms with E-state index in [2.05, 4.69) is 11.9 Å². The second-order valence-corrected chi connectivity index (χ2v) is 7.98. The van der Waals surface area contributed by atoms with Crippen molar-refractivity contribution in [1.29, 1.82) is 0 Å². The molecule has 0 saturated carbocycles. The second kappa shape index (κ2) is 8.13. The smallest absolute Gasteiger partial charge is 0.127 e. The molecule has 0 aliphatic carbocycles. The standard InChI is InChI=1S/C23H32N2O2/c1-8-25(6)16-24-20-15-21(27-7)19(14-17(20)2)23(26,22(3,4)5)18-12-10-9-11-13-18/h9-16,26H,8H2,1-7H3/b24-16+. The van der Waals surface area contributed by atoms with Crippen molar-refractivity contribution < 1.29 is 9.84 Å². The maximum atomic E-state index is 11.9. The van der Waals surface area contributed by atoms with E-state index >= 15 is 0 Å². The van der Waals surface area contributed by atoms with Gasteiger partial charge in [0.1, 0.15) is 11.4 Å². The third kappa shape index (κ3) is 4.16. The van der Waals surface area contributed by atoms with Crippen molar-refractivity contribution in [2.45, 2.75) is 40.2 Å². The zero-order valence-electron chi connectivity index (χ0n) is 17.6. The van der Waals surface area contributed by atoms with Crippen LogP contribution >= 0.6 is 0 Å². The molecule has 4 nitrogen and oxygen atoms in total. The van der Waals surface area contributed by atoms with Crippen molar-refractivity contribution in [3.05, 3.63) is 59.2 Å². The first-order valence-corrected chi connectivity index (χ1v) is 9.36. The number of benzene rings is 2. The molecule has 0 radical (unpaired) electrons. The first-order chi connectivity index (χ1) is 12.6. The molecule has 0 spiro atoms. The summed E-state index contributed by atoms with van der Waals surface area (Å²) in [5.41, 5.74) is 1.78. The summed E-state index contributed by atoms with van der Waals surface area (Å²) in [6.07, 6.45) is 1.81. The minimum Gasteiger partial charge on any atom is -0.496 e. The minimum absolute atomic E-state index is 0.443. The van der Waals surface area contributed by atoms with Crippen molar-refractivity contribution in [2.24, 2.45) is 10.4 Å². The van der Waals surface area contributed by atoms with Gasteiger partial charge in [0.25, 0.3) is 0 Å². The Morgan fingerprint density at radius 1 is 1.15 bits per heavy atom. The molecule has 27 heavy (non-hydrogen) atoms. The lowest BCUT2D eigenvalue weighted by Gasteiger charge is -2.42. The number of aryl methyl sites for hydroxylation is 1. The second-order valence-electron chi connectivity index (χ2n) is 7.98. The summed E-state index contributed by atoms with van der Waals surface area (Å²) < 4.78 is 5.69. The van der Waals surface area contributed by atoms with Gasteiger partial charge in [-0.1, -0.05) is 51.1 Å². The number of hydrogen-bond acceptors (Lipinski definition) is 3. The third-order valence-corrected chi connectivity index (χ3v) is 5.08. The summed E-state index contributed by atoms with van der Waals surface area (Å²) >= 11 is 0. The number of aliphatic hydroxyl groups is 1. The molecule has 0 amide bonds. The Bertz CT molecular complexity index is 794. The van der Waals surface area contributed by atoms with Gasteiger partial charge in [-0.05, 0) is 36.5 Å². The third-order valence-electron chi connectivity index (χ3n) is 5.08. The monoisotopic (exact) mass is 368 g/mol. The fourth-order valence-electron chi connectivity index (χ4n) is 3.18. The SMILES string of the molecule is CCN(C)/C=N/c1cc(OC)c(C(O)(c2ccccc2)C(C)(C)C)cc1C. The lowest BCUT2D eigenvalue weighted by Crippen LogP contribution is -2.41. The quantitative estimate of drug-likeness (QED) is 0.583. The molecule has 4 heteroatoms. The lowest BCUT2D eigenvalue weighted by atomic mass is 9.68. The van der Waals surface area contributed by atoms with E-state index in [1.807, 2.05) is 88.4 Å². The van der Waals surface area contributed by atoms with Crippen LogP contribution in [-0.2, 0) is 5.60 Å². The molecule has 0 saturated heterocycles. The largest absolute Gasteiger partial charge is 0.496 e. The van der Waals surface area contributed by atoms with Gasteiger partial charge >= 0.3 is 0 Å². The molecule has 1 atom stereocenters. The van der Waals surface area contributed by atoms with Gasteiger partial charge in [0, 0.05) is 25.2 Å². The van der Waals surface area contributed by atoms with Crippen molar-refractivity contribution in [3.8, 4) is 5.75 Å². The molecule has 2 rings (SSSR count). The van der Waals surface area contributed by atoms with Crippen molar-refractivity contribution in [2.75, 3.05) is 20.7 Å². The van der Waals surface area contributed by atoms with E-state index in [0.29, 0.717) is 5.75 Å². The summed E-state index contributed by atoms with van der Waals surface area (Å²) in [5.74, 6) is 0.633. The maximum absolute atomic E-state index is 11.9. The predicted molar refractivity (Wildman–Crippen MR) is 113 cm³/mol. The minimum atomic E-state index is -1.20. The van der Waals surface area contributed by atoms with E-state index in [4.69, 9.17) is 4.74 Å². The molecule has 2 aromatic rings. The number of methoxy groups -OCH3 is 1. The van der Waals surface area contributed by atoms with Crippen LogP contribution in [-0.4, -0.2) is 37.0 Å². The van der Waals surface area contributed by atoms with Gasteiger partial charge in [0.2, 0.25) is 0 Å². The molecule has 0 aliphatic rings. The molecule has 0 aromatic heterocycles. The van der Waals surface area contributed by atoms with Crippen molar-refractivity contribution in [3.63, 3.8) is 0 Å². The Labute approximate surface area is 163 Å². The van der Waals surface area contributed by atoms with Crippen LogP contribution < -0.4 is 4.74 Å². The molecule has 0 fully saturated rings. The van der Waals surface area contributed by atoms with E-state index in [1.165, 1.54) is 0 Å². The van der Waals surface area contributed by atoms with Gasteiger partial charge in [-0.15, -0.1) is 0 Å². The maximum Gasteiger partial charge on any atom is 0.127 e. The van der Waals surface area contributed by atoms with Crippen LogP contribution in [0, 0.1) is 12.3 Å². The van der Waals surface area contributed by atoms with Crippen LogP contribution in [0.1, 0.15) is 44.4 Å². The number of rotatable bonds is 6. The van der Waals surface area contributed by atoms with Crippen LogP contribution in [0.3, 0.4) is 0 Å². The Morgan fingerprint density at radius 2 is 1.78 bits per heavy atom. The highest BCUT2D eigenvalue weighted by molar-refractivity contribution is 5.66. The molecule has 2 aromatic carbocycles. The summed E-state index contributed by atoms with van der Waals surface area (Å²) in [5, 5.41) is 11.9. The fourth-order valence-corrected chi connectivity index (χ4v) is 3.18. The number of nitrogens with zero attached hydrogens (tertiary/aromatic N) is 2. The highest BCUT2D eigenvalue weighted by Gasteiger charge is 2.45. The lowest BCUT2D eigenvalue weighted by molar-refractivity contribution is -0.0276. The highest BCUT2D eigenvalue weighted by Crippen LogP contribution is 2.49. The summed E-state index contributed by atoms with van der Waals surface area (Å²) in [6.45, 7) is 11.1. The van der Waals surface area contributed by atoms with Gasteiger partial charge in [-0.25, -0.2) is 4.99 Å². The van der Waals surface area contributed by atoms with Gasteiger partial charge in [0.05, 0.1) is 19.1 Å². The fraction of sp³-hybridized carbons (Fsp3) is 0.435. The number of aliphatic imine (C=N–C) groups is 1. The molecule has 0 aliphatic heterocycles. The average Bonchev–Trinajstić information content (AvgIpc) is 2.65. The zero-order valence-corrected chi connectivity index (χ0v) is 17.6. The summed E-state index contributed by atoms with van der Waals surface area (Å²) in [7, 11) is 3.62. The van der Waals surface area contributed by atoms with Crippen LogP contribution in [0.4, 0.5) is 5.69 Å². The Hall–Kier alpha value is -2.33. The number of hydrogen-bond donors (Lipinski definition) is 1. The van der Waals surface area contributed by atoms with Crippen LogP contribution in [0.2, 0.25) is 0 Å². The normalized spacial score (nSPS) is 14.2. The summed E-state index contributed by atoms with van der Waals surface area (Å²) in [4.78, 5) is 6.59. The van der Waals surface area contributed by atoms with E-state index < -0.39 is 11.0 Å². The molecule has 0 heterocycles. The van der Waals surface area contributed by atoms with E-state index in [9.17, 15) is 5.11 Å². The summed E-state index contributed by atoms with van der Waals surface area (Å²) in [6, 6.07) is 13.7. The molecule has 1 N–H and O–H groups in total. The van der Waals surface area contributed by atoms with E-state index in [0.717, 1.165) is 28.9 Å². The van der Waals surface area contributed by atoms with Gasteiger partial charge in [-0.3, -0.25) is 0 Å². The molecular weight excluding hydrogens is 336 g/mol. The molecule has 1 unspecified atom stereocenters. The topological polar surface area (TPSA) is 45.1 Å². The van der Waals surface area contributed by atoms with Gasteiger partial charge in [-0.2, -0.15) is 0 Å². The van der Waals surface area contributed by atoms with E-state index in [-0.39, 0.29) is 0 Å². The Morgan fingerprint density at radius 3 is 2.30 bits per heavy atom. The first-order valence-electron chi connectivity index (χ1n) is 9.36. The Kier molecular flexibility index (Phi) is 6.32. The van der Waals surface area contributed by atoms with E-state index in [1.54, 1.807) is 7.11 Å². The molecule has 146 valence electrons. The van der Waals surface area contributed by atoms with Crippen LogP contribution in [0.25, 0.3) is 0 Å².